The Morgan fingerprint density at radius 2 is 1.96 bits per heavy atom. The lowest BCUT2D eigenvalue weighted by molar-refractivity contribution is 0.354. The van der Waals surface area contributed by atoms with Crippen LogP contribution in [-0.4, -0.2) is 23.8 Å². The van der Waals surface area contributed by atoms with Crippen molar-refractivity contribution in [1.82, 2.24) is 9.55 Å². The molecule has 0 spiro atoms. The number of thiophene rings is 2. The van der Waals surface area contributed by atoms with E-state index in [1.807, 2.05) is 41.1 Å². The van der Waals surface area contributed by atoms with Crippen molar-refractivity contribution in [2.24, 2.45) is 0 Å². The number of nitrogens with zero attached hydrogens (tertiary/aromatic N) is 1. The fourth-order valence-corrected chi connectivity index (χ4v) is 5.26. The highest BCUT2D eigenvalue weighted by Crippen LogP contribution is 2.33. The first-order valence-corrected chi connectivity index (χ1v) is 10.8. The van der Waals surface area contributed by atoms with Gasteiger partial charge in [-0.15, -0.1) is 22.7 Å². The number of hydrogen-bond donors (Lipinski definition) is 1. The van der Waals surface area contributed by atoms with Gasteiger partial charge in [0.2, 0.25) is 0 Å². The van der Waals surface area contributed by atoms with E-state index in [9.17, 15) is 4.79 Å². The molecular formula is C20H18N2O3S3. The first-order valence-electron chi connectivity index (χ1n) is 8.61. The van der Waals surface area contributed by atoms with Crippen molar-refractivity contribution >= 4 is 45.1 Å². The quantitative estimate of drug-likeness (QED) is 0.432. The van der Waals surface area contributed by atoms with E-state index in [-0.39, 0.29) is 5.56 Å². The maximum Gasteiger partial charge on any atom is 0.263 e. The molecular weight excluding hydrogens is 412 g/mol. The van der Waals surface area contributed by atoms with Crippen LogP contribution < -0.4 is 15.0 Å². The minimum absolute atomic E-state index is 0.0520. The largest absolute Gasteiger partial charge is 0.493 e. The number of methoxy groups -OCH3 is 2. The standard InChI is InChI=1S/C20H18N2O3S3/c1-24-14-6-5-12(10-15(14)25-2)7-8-22-19(23)17-13(16-4-3-9-27-16)11-28-18(17)21-20(22)26/h3-6,9-11H,7-8H2,1-2H3,(H,21,26). The van der Waals surface area contributed by atoms with E-state index in [4.69, 9.17) is 21.7 Å². The number of nitrogens with one attached hydrogen (secondary N) is 1. The fraction of sp³-hybridized carbons (Fsp3) is 0.200. The van der Waals surface area contributed by atoms with Crippen LogP contribution in [0.15, 0.2) is 45.9 Å². The zero-order valence-electron chi connectivity index (χ0n) is 15.4. The van der Waals surface area contributed by atoms with Gasteiger partial charge in [0.05, 0.1) is 19.6 Å². The Labute approximate surface area is 174 Å². The lowest BCUT2D eigenvalue weighted by Crippen LogP contribution is -2.23. The summed E-state index contributed by atoms with van der Waals surface area (Å²) < 4.78 is 12.7. The van der Waals surface area contributed by atoms with E-state index in [0.29, 0.717) is 34.6 Å². The van der Waals surface area contributed by atoms with Gasteiger partial charge in [0, 0.05) is 22.4 Å². The SMILES string of the molecule is COc1ccc(CCn2c(=S)[nH]c3scc(-c4cccs4)c3c2=O)cc1OC. The topological polar surface area (TPSA) is 56.2 Å². The highest BCUT2D eigenvalue weighted by atomic mass is 32.1. The highest BCUT2D eigenvalue weighted by Gasteiger charge is 2.15. The predicted molar refractivity (Wildman–Crippen MR) is 118 cm³/mol. The Morgan fingerprint density at radius 1 is 1.14 bits per heavy atom. The number of aromatic amines is 1. The van der Waals surface area contributed by atoms with Gasteiger partial charge in [-0.05, 0) is 47.8 Å². The van der Waals surface area contributed by atoms with Crippen molar-refractivity contribution in [1.29, 1.82) is 0 Å². The van der Waals surface area contributed by atoms with Crippen LogP contribution in [0.2, 0.25) is 0 Å². The molecule has 0 unspecified atom stereocenters. The first-order chi connectivity index (χ1) is 13.6. The van der Waals surface area contributed by atoms with Gasteiger partial charge in [-0.3, -0.25) is 9.36 Å². The lowest BCUT2D eigenvalue weighted by atomic mass is 10.1. The third kappa shape index (κ3) is 3.39. The highest BCUT2D eigenvalue weighted by molar-refractivity contribution is 7.71. The Hall–Kier alpha value is -2.42. The minimum atomic E-state index is -0.0520. The van der Waals surface area contributed by atoms with Crippen LogP contribution in [-0.2, 0) is 13.0 Å². The van der Waals surface area contributed by atoms with E-state index in [0.717, 1.165) is 20.8 Å². The molecule has 0 bridgehead atoms. The number of rotatable bonds is 6. The van der Waals surface area contributed by atoms with Crippen LogP contribution in [0, 0.1) is 4.77 Å². The van der Waals surface area contributed by atoms with Crippen molar-refractivity contribution in [3.05, 3.63) is 61.8 Å². The van der Waals surface area contributed by atoms with Gasteiger partial charge in [0.15, 0.2) is 16.3 Å². The van der Waals surface area contributed by atoms with Gasteiger partial charge >= 0.3 is 0 Å². The molecule has 8 heteroatoms. The second-order valence-corrected chi connectivity index (χ2v) is 8.37. The molecule has 0 aliphatic carbocycles. The Kier molecular flexibility index (Phi) is 5.34. The van der Waals surface area contributed by atoms with Crippen LogP contribution in [0.4, 0.5) is 0 Å². The van der Waals surface area contributed by atoms with Crippen LogP contribution in [0.25, 0.3) is 20.7 Å². The maximum absolute atomic E-state index is 13.2. The van der Waals surface area contributed by atoms with Crippen LogP contribution in [0.1, 0.15) is 5.56 Å². The summed E-state index contributed by atoms with van der Waals surface area (Å²) in [6.07, 6.45) is 0.654. The van der Waals surface area contributed by atoms with Crippen molar-refractivity contribution in [3.63, 3.8) is 0 Å². The van der Waals surface area contributed by atoms with Crippen molar-refractivity contribution in [3.8, 4) is 21.9 Å². The van der Waals surface area contributed by atoms with Gasteiger partial charge in [-0.2, -0.15) is 0 Å². The predicted octanol–water partition coefficient (Wildman–Crippen LogP) is 5.11. The zero-order chi connectivity index (χ0) is 19.7. The Balaban J connectivity index is 1.70. The molecule has 3 aromatic heterocycles. The summed E-state index contributed by atoms with van der Waals surface area (Å²) in [5, 5.41) is 4.73. The van der Waals surface area contributed by atoms with Crippen molar-refractivity contribution in [2.75, 3.05) is 14.2 Å². The molecule has 0 saturated carbocycles. The smallest absolute Gasteiger partial charge is 0.263 e. The van der Waals surface area contributed by atoms with Gasteiger partial charge in [-0.25, -0.2) is 0 Å². The average molecular weight is 431 g/mol. The van der Waals surface area contributed by atoms with E-state index in [1.165, 1.54) is 11.3 Å². The first kappa shape index (κ1) is 18.9. The Bertz CT molecular complexity index is 1240. The zero-order valence-corrected chi connectivity index (χ0v) is 17.8. The third-order valence-corrected chi connectivity index (χ3v) is 6.70. The summed E-state index contributed by atoms with van der Waals surface area (Å²) in [5.74, 6) is 1.35. The summed E-state index contributed by atoms with van der Waals surface area (Å²) in [6, 6.07) is 9.79. The number of H-pyrrole nitrogens is 1. The van der Waals surface area contributed by atoms with Crippen LogP contribution in [0.3, 0.4) is 0 Å². The number of fused-ring (bicyclic) bond motifs is 1. The average Bonchev–Trinajstić information content (AvgIpc) is 3.37. The molecule has 0 fully saturated rings. The summed E-state index contributed by atoms with van der Waals surface area (Å²) >= 11 is 8.59. The van der Waals surface area contributed by atoms with Gasteiger partial charge in [0.25, 0.3) is 5.56 Å². The molecule has 4 aromatic rings. The molecule has 0 aliphatic heterocycles. The fourth-order valence-electron chi connectivity index (χ4n) is 3.15. The summed E-state index contributed by atoms with van der Waals surface area (Å²) in [5.41, 5.74) is 1.96. The number of benzene rings is 1. The van der Waals surface area contributed by atoms with E-state index >= 15 is 0 Å². The Morgan fingerprint density at radius 3 is 2.68 bits per heavy atom. The molecule has 1 N–H and O–H groups in total. The molecule has 0 saturated heterocycles. The molecule has 3 heterocycles. The van der Waals surface area contributed by atoms with Crippen LogP contribution >= 0.6 is 34.9 Å². The van der Waals surface area contributed by atoms with Gasteiger partial charge in [-0.1, -0.05) is 12.1 Å². The molecule has 28 heavy (non-hydrogen) atoms. The molecule has 0 amide bonds. The van der Waals surface area contributed by atoms with Gasteiger partial charge < -0.3 is 14.5 Å². The van der Waals surface area contributed by atoms with E-state index < -0.39 is 0 Å². The van der Waals surface area contributed by atoms with Gasteiger partial charge in [0.1, 0.15) is 4.83 Å². The molecule has 0 radical (unpaired) electrons. The second kappa shape index (κ2) is 7.90. The molecule has 144 valence electrons. The normalized spacial score (nSPS) is 11.1. The molecule has 0 atom stereocenters. The summed E-state index contributed by atoms with van der Waals surface area (Å²) in [7, 11) is 3.22. The number of aromatic nitrogens is 2. The molecule has 4 rings (SSSR count). The maximum atomic E-state index is 13.2. The molecule has 1 aromatic carbocycles. The second-order valence-electron chi connectivity index (χ2n) is 6.16. The monoisotopic (exact) mass is 430 g/mol. The van der Waals surface area contributed by atoms with Crippen molar-refractivity contribution in [2.45, 2.75) is 13.0 Å². The number of hydrogen-bond acceptors (Lipinski definition) is 6. The number of ether oxygens (including phenoxy) is 2. The lowest BCUT2D eigenvalue weighted by Gasteiger charge is -2.11. The summed E-state index contributed by atoms with van der Waals surface area (Å²) in [4.78, 5) is 18.3. The number of aryl methyl sites for hydroxylation is 1. The van der Waals surface area contributed by atoms with E-state index in [1.54, 1.807) is 30.1 Å². The minimum Gasteiger partial charge on any atom is -0.493 e. The van der Waals surface area contributed by atoms with E-state index in [2.05, 4.69) is 4.98 Å². The molecule has 0 aliphatic rings. The molecule has 5 nitrogen and oxygen atoms in total. The third-order valence-electron chi connectivity index (χ3n) is 4.57. The van der Waals surface area contributed by atoms with Crippen molar-refractivity contribution < 1.29 is 9.47 Å². The summed E-state index contributed by atoms with van der Waals surface area (Å²) in [6.45, 7) is 0.485. The van der Waals surface area contributed by atoms with Crippen LogP contribution in [0.5, 0.6) is 11.5 Å².